The highest BCUT2D eigenvalue weighted by Gasteiger charge is 2.28. The summed E-state index contributed by atoms with van der Waals surface area (Å²) in [4.78, 5) is 28.9. The molecule has 0 saturated carbocycles. The molecule has 0 spiro atoms. The molecule has 0 aliphatic carbocycles. The van der Waals surface area contributed by atoms with Crippen LogP contribution in [0.25, 0.3) is 22.5 Å². The Morgan fingerprint density at radius 3 is 2.20 bits per heavy atom. The molecule has 2 saturated heterocycles. The van der Waals surface area contributed by atoms with Crippen LogP contribution in [-0.2, 0) is 9.53 Å². The van der Waals surface area contributed by atoms with Gasteiger partial charge >= 0.3 is 5.97 Å². The number of hydrogen-bond donors (Lipinski definition) is 1. The molecule has 3 heterocycles. The van der Waals surface area contributed by atoms with Gasteiger partial charge < -0.3 is 14.5 Å². The Morgan fingerprint density at radius 1 is 0.886 bits per heavy atom. The van der Waals surface area contributed by atoms with E-state index in [0.717, 1.165) is 35.6 Å². The first kappa shape index (κ1) is 23.1. The standard InChI is InChI=1S/C28H32N4O3/c1-35-28(34)23-13-17-32(18-14-23)27(33)22-7-5-20(6-8-22)25-19-26(30-29-25)21-9-11-24(12-10-21)31-15-3-2-4-16-31/h5-12,19,23H,2-4,13-18H2,1H3,(H,29,30). The van der Waals surface area contributed by atoms with Crippen LogP contribution < -0.4 is 4.90 Å². The average molecular weight is 473 g/mol. The van der Waals surface area contributed by atoms with Crippen LogP contribution in [0.5, 0.6) is 0 Å². The van der Waals surface area contributed by atoms with Crippen LogP contribution in [0, 0.1) is 5.92 Å². The van der Waals surface area contributed by atoms with Gasteiger partial charge in [0.15, 0.2) is 0 Å². The minimum absolute atomic E-state index is 0.000962. The van der Waals surface area contributed by atoms with Crippen LogP contribution in [0.4, 0.5) is 5.69 Å². The molecule has 1 aromatic heterocycles. The fourth-order valence-electron chi connectivity index (χ4n) is 5.07. The Labute approximate surface area is 206 Å². The van der Waals surface area contributed by atoms with Gasteiger partial charge in [0.1, 0.15) is 0 Å². The molecule has 7 heteroatoms. The van der Waals surface area contributed by atoms with Crippen molar-refractivity contribution in [2.75, 3.05) is 38.2 Å². The highest BCUT2D eigenvalue weighted by Crippen LogP contribution is 2.28. The van der Waals surface area contributed by atoms with E-state index in [4.69, 9.17) is 4.74 Å². The zero-order chi connectivity index (χ0) is 24.2. The number of rotatable bonds is 5. The molecule has 0 bridgehead atoms. The van der Waals surface area contributed by atoms with Crippen LogP contribution in [0.15, 0.2) is 54.6 Å². The van der Waals surface area contributed by atoms with Gasteiger partial charge in [0.2, 0.25) is 0 Å². The summed E-state index contributed by atoms with van der Waals surface area (Å²) < 4.78 is 4.83. The zero-order valence-corrected chi connectivity index (χ0v) is 20.2. The smallest absolute Gasteiger partial charge is 0.308 e. The quantitative estimate of drug-likeness (QED) is 0.542. The van der Waals surface area contributed by atoms with Gasteiger partial charge in [-0.15, -0.1) is 0 Å². The number of nitrogens with one attached hydrogen (secondary N) is 1. The molecule has 3 aromatic rings. The van der Waals surface area contributed by atoms with Crippen LogP contribution in [0.3, 0.4) is 0 Å². The normalized spacial score (nSPS) is 16.8. The van der Waals surface area contributed by atoms with E-state index < -0.39 is 0 Å². The summed E-state index contributed by atoms with van der Waals surface area (Å²) >= 11 is 0. The number of H-pyrrole nitrogens is 1. The summed E-state index contributed by atoms with van der Waals surface area (Å²) in [5.74, 6) is -0.292. The third-order valence-corrected chi connectivity index (χ3v) is 7.22. The fraction of sp³-hybridized carbons (Fsp3) is 0.393. The summed E-state index contributed by atoms with van der Waals surface area (Å²) in [6, 6.07) is 18.3. The maximum atomic E-state index is 12.9. The number of carbonyl (C=O) groups excluding carboxylic acids is 2. The molecule has 0 atom stereocenters. The first-order valence-electron chi connectivity index (χ1n) is 12.5. The van der Waals surface area contributed by atoms with Crippen molar-refractivity contribution >= 4 is 17.6 Å². The Bertz CT molecular complexity index is 1160. The molecule has 7 nitrogen and oxygen atoms in total. The highest BCUT2D eigenvalue weighted by molar-refractivity contribution is 5.95. The van der Waals surface area contributed by atoms with Crippen molar-refractivity contribution in [2.24, 2.45) is 5.92 Å². The number of methoxy groups -OCH3 is 1. The van der Waals surface area contributed by atoms with Crippen LogP contribution in [-0.4, -0.2) is 60.3 Å². The maximum absolute atomic E-state index is 12.9. The monoisotopic (exact) mass is 472 g/mol. The molecule has 35 heavy (non-hydrogen) atoms. The van der Waals surface area contributed by atoms with Crippen molar-refractivity contribution in [3.8, 4) is 22.5 Å². The molecule has 2 aliphatic heterocycles. The molecule has 0 radical (unpaired) electrons. The third kappa shape index (κ3) is 5.09. The lowest BCUT2D eigenvalue weighted by molar-refractivity contribution is -0.146. The topological polar surface area (TPSA) is 78.5 Å². The lowest BCUT2D eigenvalue weighted by Crippen LogP contribution is -2.40. The molecule has 0 unspecified atom stereocenters. The number of aromatic amines is 1. The van der Waals surface area contributed by atoms with Crippen molar-refractivity contribution < 1.29 is 14.3 Å². The molecule has 2 aliphatic rings. The molecule has 1 amide bonds. The molecule has 2 aromatic carbocycles. The van der Waals surface area contributed by atoms with Crippen molar-refractivity contribution in [3.63, 3.8) is 0 Å². The molecule has 5 rings (SSSR count). The Balaban J connectivity index is 1.22. The summed E-state index contributed by atoms with van der Waals surface area (Å²) in [6.45, 7) is 3.41. The van der Waals surface area contributed by atoms with Crippen molar-refractivity contribution in [3.05, 3.63) is 60.2 Å². The first-order valence-corrected chi connectivity index (χ1v) is 12.5. The van der Waals surface area contributed by atoms with E-state index in [-0.39, 0.29) is 17.8 Å². The molecule has 1 N–H and O–H groups in total. The summed E-state index contributed by atoms with van der Waals surface area (Å²) in [5.41, 5.74) is 5.80. The molecular formula is C28H32N4O3. The van der Waals surface area contributed by atoms with Crippen molar-refractivity contribution in [1.29, 1.82) is 0 Å². The number of aromatic nitrogens is 2. The second kappa shape index (κ2) is 10.3. The lowest BCUT2D eigenvalue weighted by atomic mass is 9.96. The van der Waals surface area contributed by atoms with E-state index in [9.17, 15) is 9.59 Å². The summed E-state index contributed by atoms with van der Waals surface area (Å²) in [6.07, 6.45) is 5.15. The molecular weight excluding hydrogens is 440 g/mol. The SMILES string of the molecule is COC(=O)C1CCN(C(=O)c2ccc(-c3cc(-c4ccc(N5CCCCC5)cc4)n[nH]3)cc2)CC1. The van der Waals surface area contributed by atoms with E-state index in [1.807, 2.05) is 35.2 Å². The van der Waals surface area contributed by atoms with E-state index in [1.54, 1.807) is 0 Å². The molecule has 182 valence electrons. The van der Waals surface area contributed by atoms with E-state index in [0.29, 0.717) is 31.5 Å². The number of amides is 1. The van der Waals surface area contributed by atoms with Crippen molar-refractivity contribution in [1.82, 2.24) is 15.1 Å². The number of esters is 1. The number of ether oxygens (including phenoxy) is 1. The van der Waals surface area contributed by atoms with Crippen LogP contribution >= 0.6 is 0 Å². The first-order chi connectivity index (χ1) is 17.1. The Kier molecular flexibility index (Phi) is 6.84. The summed E-state index contributed by atoms with van der Waals surface area (Å²) in [7, 11) is 1.41. The van der Waals surface area contributed by atoms with Crippen LogP contribution in [0.1, 0.15) is 42.5 Å². The van der Waals surface area contributed by atoms with Gasteiger partial charge in [-0.2, -0.15) is 5.10 Å². The summed E-state index contributed by atoms with van der Waals surface area (Å²) in [5, 5.41) is 7.64. The largest absolute Gasteiger partial charge is 0.469 e. The van der Waals surface area contributed by atoms with E-state index in [2.05, 4.69) is 39.4 Å². The van der Waals surface area contributed by atoms with Crippen LogP contribution in [0.2, 0.25) is 0 Å². The maximum Gasteiger partial charge on any atom is 0.308 e. The number of benzene rings is 2. The minimum atomic E-state index is -0.182. The fourth-order valence-corrected chi connectivity index (χ4v) is 5.07. The van der Waals surface area contributed by atoms with E-state index >= 15 is 0 Å². The third-order valence-electron chi connectivity index (χ3n) is 7.22. The second-order valence-corrected chi connectivity index (χ2v) is 9.43. The average Bonchev–Trinajstić information content (AvgIpc) is 3.43. The zero-order valence-electron chi connectivity index (χ0n) is 20.2. The predicted octanol–water partition coefficient (Wildman–Crippen LogP) is 4.76. The second-order valence-electron chi connectivity index (χ2n) is 9.43. The highest BCUT2D eigenvalue weighted by atomic mass is 16.5. The van der Waals surface area contributed by atoms with Crippen molar-refractivity contribution in [2.45, 2.75) is 32.1 Å². The number of likely N-dealkylation sites (tertiary alicyclic amines) is 1. The predicted molar refractivity (Wildman–Crippen MR) is 136 cm³/mol. The van der Waals surface area contributed by atoms with Gasteiger partial charge in [-0.3, -0.25) is 14.7 Å². The number of nitrogens with zero attached hydrogens (tertiary/aromatic N) is 3. The number of anilines is 1. The minimum Gasteiger partial charge on any atom is -0.469 e. The van der Waals surface area contributed by atoms with Gasteiger partial charge in [-0.1, -0.05) is 24.3 Å². The van der Waals surface area contributed by atoms with Gasteiger partial charge in [-0.25, -0.2) is 0 Å². The van der Waals surface area contributed by atoms with Gasteiger partial charge in [0.05, 0.1) is 24.4 Å². The lowest BCUT2D eigenvalue weighted by Gasteiger charge is -2.30. The molecule has 2 fully saturated rings. The Hall–Kier alpha value is -3.61. The van der Waals surface area contributed by atoms with Gasteiger partial charge in [-0.05, 0) is 68.0 Å². The number of piperidine rings is 2. The van der Waals surface area contributed by atoms with E-state index in [1.165, 1.54) is 32.1 Å². The Morgan fingerprint density at radius 2 is 1.54 bits per heavy atom. The van der Waals surface area contributed by atoms with Gasteiger partial charge in [0, 0.05) is 43.0 Å². The number of hydrogen-bond acceptors (Lipinski definition) is 5. The number of carbonyl (C=O) groups is 2. The van der Waals surface area contributed by atoms with Gasteiger partial charge in [0.25, 0.3) is 5.91 Å².